The fraction of sp³-hybridized carbons (Fsp3) is 0.400. The number of amides is 1. The van der Waals surface area contributed by atoms with Crippen LogP contribution in [0.25, 0.3) is 10.2 Å². The molecule has 0 bridgehead atoms. The van der Waals surface area contributed by atoms with Crippen molar-refractivity contribution in [1.82, 2.24) is 8.87 Å². The Morgan fingerprint density at radius 2 is 1.89 bits per heavy atom. The number of esters is 1. The van der Waals surface area contributed by atoms with Gasteiger partial charge in [-0.05, 0) is 38.8 Å². The highest BCUT2D eigenvalue weighted by atomic mass is 32.2. The molecule has 3 aromatic rings. The summed E-state index contributed by atoms with van der Waals surface area (Å²) in [6.45, 7) is 4.23. The van der Waals surface area contributed by atoms with Crippen molar-refractivity contribution < 1.29 is 32.2 Å². The van der Waals surface area contributed by atoms with Crippen LogP contribution in [0.5, 0.6) is 11.5 Å². The molecule has 1 saturated heterocycles. The largest absolute Gasteiger partial charge is 0.465 e. The molecular formula is C25H27N3O7S2. The normalized spacial score (nSPS) is 18.3. The van der Waals surface area contributed by atoms with Crippen LogP contribution >= 0.6 is 11.3 Å². The molecular weight excluding hydrogens is 518 g/mol. The monoisotopic (exact) mass is 545 g/mol. The van der Waals surface area contributed by atoms with Crippen LogP contribution in [-0.4, -0.2) is 55.7 Å². The highest BCUT2D eigenvalue weighted by Gasteiger charge is 2.33. The number of aryl methyl sites for hydroxylation is 1. The summed E-state index contributed by atoms with van der Waals surface area (Å²) in [7, 11) is -3.73. The second-order valence-electron chi connectivity index (χ2n) is 8.91. The van der Waals surface area contributed by atoms with E-state index >= 15 is 0 Å². The molecule has 2 aromatic carbocycles. The molecule has 0 N–H and O–H groups in total. The van der Waals surface area contributed by atoms with Gasteiger partial charge in [0.15, 0.2) is 16.3 Å². The van der Waals surface area contributed by atoms with Gasteiger partial charge in [-0.1, -0.05) is 29.0 Å². The van der Waals surface area contributed by atoms with Gasteiger partial charge >= 0.3 is 5.97 Å². The van der Waals surface area contributed by atoms with Gasteiger partial charge < -0.3 is 18.8 Å². The standard InChI is InChI=1S/C25H27N3O7S2/c1-3-33-23(29)14-28-19-11-20-21(35-15-34-20)12-22(19)36-25(28)26-24(30)17-5-4-10-27(13-17)37(31,32)18-8-6-16(2)7-9-18/h6-9,11-12,17H,3-5,10,13-15H2,1-2H3. The van der Waals surface area contributed by atoms with Gasteiger partial charge in [-0.2, -0.15) is 9.30 Å². The number of fused-ring (bicyclic) bond motifs is 2. The Morgan fingerprint density at radius 1 is 1.16 bits per heavy atom. The Hall–Kier alpha value is -3.22. The second-order valence-corrected chi connectivity index (χ2v) is 11.9. The van der Waals surface area contributed by atoms with E-state index in [1.807, 2.05) is 6.92 Å². The Kier molecular flexibility index (Phi) is 7.06. The fourth-order valence-electron chi connectivity index (χ4n) is 4.44. The van der Waals surface area contributed by atoms with E-state index in [1.54, 1.807) is 47.9 Å². The minimum absolute atomic E-state index is 0.0529. The van der Waals surface area contributed by atoms with Gasteiger partial charge in [0.1, 0.15) is 6.54 Å². The van der Waals surface area contributed by atoms with Gasteiger partial charge in [-0.3, -0.25) is 9.59 Å². The van der Waals surface area contributed by atoms with Crippen molar-refractivity contribution >= 4 is 43.5 Å². The highest BCUT2D eigenvalue weighted by molar-refractivity contribution is 7.89. The van der Waals surface area contributed by atoms with Gasteiger partial charge in [0.05, 0.1) is 27.6 Å². The van der Waals surface area contributed by atoms with E-state index in [2.05, 4.69) is 4.99 Å². The number of carbonyl (C=O) groups excluding carboxylic acids is 2. The zero-order chi connectivity index (χ0) is 26.2. The topological polar surface area (TPSA) is 116 Å². The zero-order valence-electron chi connectivity index (χ0n) is 20.5. The van der Waals surface area contributed by atoms with E-state index in [0.29, 0.717) is 41.2 Å². The maximum atomic E-state index is 13.3. The van der Waals surface area contributed by atoms with E-state index in [1.165, 1.54) is 15.6 Å². The average molecular weight is 546 g/mol. The molecule has 2 aliphatic rings. The van der Waals surface area contributed by atoms with E-state index in [0.717, 1.165) is 10.3 Å². The first-order valence-electron chi connectivity index (χ1n) is 12.0. The van der Waals surface area contributed by atoms with Gasteiger partial charge in [0, 0.05) is 25.2 Å². The number of thiazole rings is 1. The molecule has 1 unspecified atom stereocenters. The average Bonchev–Trinajstić information content (AvgIpc) is 3.47. The number of aromatic nitrogens is 1. The fourth-order valence-corrected chi connectivity index (χ4v) is 7.01. The van der Waals surface area contributed by atoms with Gasteiger partial charge in [0.25, 0.3) is 5.91 Å². The lowest BCUT2D eigenvalue weighted by molar-refractivity contribution is -0.143. The van der Waals surface area contributed by atoms with Crippen LogP contribution in [0.3, 0.4) is 0 Å². The van der Waals surface area contributed by atoms with Crippen molar-refractivity contribution in [1.29, 1.82) is 0 Å². The molecule has 0 aliphatic carbocycles. The number of hydrogen-bond acceptors (Lipinski definition) is 8. The molecule has 12 heteroatoms. The summed E-state index contributed by atoms with van der Waals surface area (Å²) < 4.78 is 46.2. The third-order valence-corrected chi connectivity index (χ3v) is 9.29. The van der Waals surface area contributed by atoms with Crippen molar-refractivity contribution in [3.8, 4) is 11.5 Å². The van der Waals surface area contributed by atoms with Crippen LogP contribution in [0, 0.1) is 12.8 Å². The summed E-state index contributed by atoms with van der Waals surface area (Å²) >= 11 is 1.25. The number of hydrogen-bond donors (Lipinski definition) is 0. The molecule has 5 rings (SSSR count). The van der Waals surface area contributed by atoms with Gasteiger partial charge in [-0.25, -0.2) is 8.42 Å². The molecule has 196 valence electrons. The van der Waals surface area contributed by atoms with E-state index < -0.39 is 27.8 Å². The zero-order valence-corrected chi connectivity index (χ0v) is 22.1. The third kappa shape index (κ3) is 5.13. The molecule has 1 atom stereocenters. The van der Waals surface area contributed by atoms with E-state index in [-0.39, 0.29) is 31.4 Å². The smallest absolute Gasteiger partial charge is 0.326 e. The maximum Gasteiger partial charge on any atom is 0.326 e. The lowest BCUT2D eigenvalue weighted by Crippen LogP contribution is -2.42. The SMILES string of the molecule is CCOC(=O)Cn1c(=NC(=O)C2CCCN(S(=O)(=O)c3ccc(C)cc3)C2)sc2cc3c(cc21)OCO3. The quantitative estimate of drug-likeness (QED) is 0.437. The predicted octanol–water partition coefficient (Wildman–Crippen LogP) is 2.83. The number of ether oxygens (including phenoxy) is 3. The molecule has 0 radical (unpaired) electrons. The molecule has 3 heterocycles. The van der Waals surface area contributed by atoms with E-state index in [4.69, 9.17) is 14.2 Å². The third-order valence-electron chi connectivity index (χ3n) is 6.37. The predicted molar refractivity (Wildman–Crippen MR) is 136 cm³/mol. The number of rotatable bonds is 6. The summed E-state index contributed by atoms with van der Waals surface area (Å²) in [5, 5.41) is 0. The number of piperidine rings is 1. The summed E-state index contributed by atoms with van der Waals surface area (Å²) in [5.74, 6) is -0.342. The van der Waals surface area contributed by atoms with Crippen molar-refractivity contribution in [3.05, 3.63) is 46.8 Å². The molecule has 10 nitrogen and oxygen atoms in total. The van der Waals surface area contributed by atoms with Gasteiger partial charge in [0.2, 0.25) is 16.8 Å². The Labute approximate surface area is 218 Å². The van der Waals surface area contributed by atoms with Crippen LogP contribution in [0.2, 0.25) is 0 Å². The maximum absolute atomic E-state index is 13.3. The van der Waals surface area contributed by atoms with Crippen LogP contribution in [0.15, 0.2) is 46.3 Å². The number of carbonyl (C=O) groups is 2. The van der Waals surface area contributed by atoms with Crippen molar-refractivity contribution in [2.75, 3.05) is 26.5 Å². The molecule has 1 amide bonds. The summed E-state index contributed by atoms with van der Waals surface area (Å²) in [6.07, 6.45) is 1.08. The minimum atomic E-state index is -3.73. The lowest BCUT2D eigenvalue weighted by Gasteiger charge is -2.30. The first-order chi connectivity index (χ1) is 17.8. The van der Waals surface area contributed by atoms with Crippen LogP contribution in [0.4, 0.5) is 0 Å². The molecule has 0 spiro atoms. The highest BCUT2D eigenvalue weighted by Crippen LogP contribution is 2.37. The summed E-state index contributed by atoms with van der Waals surface area (Å²) in [6, 6.07) is 10.2. The molecule has 0 saturated carbocycles. The Bertz CT molecular complexity index is 1520. The van der Waals surface area contributed by atoms with E-state index in [9.17, 15) is 18.0 Å². The van der Waals surface area contributed by atoms with Crippen LogP contribution in [0.1, 0.15) is 25.3 Å². The lowest BCUT2D eigenvalue weighted by atomic mass is 9.99. The summed E-state index contributed by atoms with van der Waals surface area (Å²) in [4.78, 5) is 30.5. The summed E-state index contributed by atoms with van der Waals surface area (Å²) in [5.41, 5.74) is 1.63. The Morgan fingerprint density at radius 3 is 2.62 bits per heavy atom. The van der Waals surface area contributed by atoms with Crippen LogP contribution in [-0.2, 0) is 30.9 Å². The first-order valence-corrected chi connectivity index (χ1v) is 14.3. The molecule has 2 aliphatic heterocycles. The van der Waals surface area contributed by atoms with Crippen molar-refractivity contribution in [2.45, 2.75) is 38.1 Å². The number of nitrogens with zero attached hydrogens (tertiary/aromatic N) is 3. The Balaban J connectivity index is 1.46. The van der Waals surface area contributed by atoms with Crippen molar-refractivity contribution in [3.63, 3.8) is 0 Å². The first kappa shape index (κ1) is 25.4. The molecule has 1 fully saturated rings. The van der Waals surface area contributed by atoms with Crippen molar-refractivity contribution in [2.24, 2.45) is 10.9 Å². The van der Waals surface area contributed by atoms with Crippen LogP contribution < -0.4 is 14.3 Å². The number of sulfonamides is 1. The second kappa shape index (κ2) is 10.3. The molecule has 1 aromatic heterocycles. The van der Waals surface area contributed by atoms with Gasteiger partial charge in [-0.15, -0.1) is 0 Å². The minimum Gasteiger partial charge on any atom is -0.465 e. The number of benzene rings is 2. The molecule has 37 heavy (non-hydrogen) atoms.